The first-order chi connectivity index (χ1) is 15.1. The molecular formula is C24H27FNO5P. The Morgan fingerprint density at radius 3 is 2.44 bits per heavy atom. The Balaban J connectivity index is 2.17. The molecule has 8 heteroatoms. The molecule has 0 aliphatic rings. The smallest absolute Gasteiger partial charge is 0.305 e. The molecule has 0 fully saturated rings. The summed E-state index contributed by atoms with van der Waals surface area (Å²) in [5.74, 6) is -0.101. The average Bonchev–Trinajstić information content (AvgIpc) is 3.06. The van der Waals surface area contributed by atoms with E-state index in [1.165, 1.54) is 25.1 Å². The van der Waals surface area contributed by atoms with Crippen LogP contribution in [0.5, 0.6) is 0 Å². The second kappa shape index (κ2) is 9.82. The molecular weight excluding hydrogens is 432 g/mol. The largest absolute Gasteiger partial charge is 0.481 e. The molecule has 0 saturated carbocycles. The molecule has 0 aliphatic heterocycles. The van der Waals surface area contributed by atoms with Crippen LogP contribution in [0.1, 0.15) is 32.0 Å². The van der Waals surface area contributed by atoms with E-state index in [2.05, 4.69) is 4.57 Å². The summed E-state index contributed by atoms with van der Waals surface area (Å²) in [6.45, 7) is 4.06. The summed E-state index contributed by atoms with van der Waals surface area (Å²) in [4.78, 5) is 10.9. The monoisotopic (exact) mass is 459 g/mol. The number of aromatic nitrogens is 1. The quantitative estimate of drug-likeness (QED) is 0.397. The van der Waals surface area contributed by atoms with Crippen molar-refractivity contribution in [3.8, 4) is 11.1 Å². The number of carbonyl (C=O) groups is 1. The van der Waals surface area contributed by atoms with Gasteiger partial charge in [-0.15, -0.1) is 0 Å². The molecule has 0 radical (unpaired) electrons. The topological polar surface area (TPSA) is 88.8 Å². The summed E-state index contributed by atoms with van der Waals surface area (Å²) in [5, 5.41) is 19.8. The first-order valence-electron chi connectivity index (χ1n) is 10.3. The Kier molecular flexibility index (Phi) is 7.34. The first kappa shape index (κ1) is 23.9. The van der Waals surface area contributed by atoms with Crippen LogP contribution in [0.3, 0.4) is 0 Å². The predicted octanol–water partition coefficient (Wildman–Crippen LogP) is 5.76. The van der Waals surface area contributed by atoms with Gasteiger partial charge in [0.2, 0.25) is 7.37 Å². The lowest BCUT2D eigenvalue weighted by molar-refractivity contribution is -0.138. The van der Waals surface area contributed by atoms with Crippen molar-refractivity contribution in [2.24, 2.45) is 0 Å². The van der Waals surface area contributed by atoms with Crippen molar-refractivity contribution in [3.63, 3.8) is 0 Å². The third kappa shape index (κ3) is 5.18. The number of aliphatic hydroxyl groups is 1. The highest BCUT2D eigenvalue weighted by Gasteiger charge is 2.26. The number of nitrogens with zero attached hydrogens (tertiary/aromatic N) is 1. The number of carboxylic acids is 1. The summed E-state index contributed by atoms with van der Waals surface area (Å²) < 4.78 is 34.1. The number of aliphatic carboxylic acids is 1. The van der Waals surface area contributed by atoms with Gasteiger partial charge in [0.05, 0.1) is 24.4 Å². The van der Waals surface area contributed by atoms with E-state index in [1.807, 2.05) is 38.1 Å². The van der Waals surface area contributed by atoms with Crippen LogP contribution in [0.15, 0.2) is 54.3 Å². The molecule has 0 spiro atoms. The Bertz CT molecular complexity index is 1180. The van der Waals surface area contributed by atoms with Gasteiger partial charge in [0.15, 0.2) is 0 Å². The summed E-state index contributed by atoms with van der Waals surface area (Å²) in [6, 6.07) is 14.1. The highest BCUT2D eigenvalue weighted by atomic mass is 31.2. The fourth-order valence-corrected chi connectivity index (χ4v) is 5.34. The van der Waals surface area contributed by atoms with Crippen LogP contribution in [0.4, 0.5) is 4.39 Å². The average molecular weight is 459 g/mol. The van der Waals surface area contributed by atoms with Crippen LogP contribution in [0.25, 0.3) is 28.1 Å². The van der Waals surface area contributed by atoms with Crippen molar-refractivity contribution in [3.05, 3.63) is 65.9 Å². The summed E-state index contributed by atoms with van der Waals surface area (Å²) in [6.07, 6.45) is -0.430. The van der Waals surface area contributed by atoms with Gasteiger partial charge < -0.3 is 19.3 Å². The Morgan fingerprint density at radius 1 is 1.19 bits per heavy atom. The highest BCUT2D eigenvalue weighted by Crippen LogP contribution is 2.50. The summed E-state index contributed by atoms with van der Waals surface area (Å²) >= 11 is 0. The molecule has 2 unspecified atom stereocenters. The van der Waals surface area contributed by atoms with E-state index in [9.17, 15) is 18.9 Å². The van der Waals surface area contributed by atoms with Crippen molar-refractivity contribution in [1.29, 1.82) is 0 Å². The SMILES string of the molecule is COP(=O)(/C=C/c1c(-c2ccc(F)cc2)c2ccccc2n1C(C)C)CC(O)CC(=O)O. The molecule has 1 aromatic heterocycles. The van der Waals surface area contributed by atoms with Crippen LogP contribution >= 0.6 is 7.37 Å². The Hall–Kier alpha value is -2.73. The third-order valence-corrected chi connectivity index (χ3v) is 7.39. The number of hydrogen-bond acceptors (Lipinski definition) is 4. The van der Waals surface area contributed by atoms with Crippen molar-refractivity contribution in [2.45, 2.75) is 32.4 Å². The number of fused-ring (bicyclic) bond motifs is 1. The summed E-state index contributed by atoms with van der Waals surface area (Å²) in [5.41, 5.74) is 3.40. The zero-order valence-corrected chi connectivity index (χ0v) is 19.1. The van der Waals surface area contributed by atoms with Crippen LogP contribution in [-0.4, -0.2) is 40.1 Å². The molecule has 170 valence electrons. The third-order valence-electron chi connectivity index (χ3n) is 5.24. The van der Waals surface area contributed by atoms with Gasteiger partial charge in [-0.3, -0.25) is 9.36 Å². The Morgan fingerprint density at radius 2 is 1.84 bits per heavy atom. The summed E-state index contributed by atoms with van der Waals surface area (Å²) in [7, 11) is -2.18. The van der Waals surface area contributed by atoms with Gasteiger partial charge in [0.1, 0.15) is 5.82 Å². The lowest BCUT2D eigenvalue weighted by Crippen LogP contribution is -2.17. The second-order valence-electron chi connectivity index (χ2n) is 7.91. The fraction of sp³-hybridized carbons (Fsp3) is 0.292. The predicted molar refractivity (Wildman–Crippen MR) is 124 cm³/mol. The lowest BCUT2D eigenvalue weighted by atomic mass is 10.0. The highest BCUT2D eigenvalue weighted by molar-refractivity contribution is 7.62. The zero-order valence-electron chi connectivity index (χ0n) is 18.2. The van der Waals surface area contributed by atoms with Gasteiger partial charge in [-0.1, -0.05) is 30.3 Å². The number of halogens is 1. The van der Waals surface area contributed by atoms with Gasteiger partial charge >= 0.3 is 5.97 Å². The molecule has 3 rings (SSSR count). The molecule has 0 aliphatic carbocycles. The van der Waals surface area contributed by atoms with E-state index in [-0.39, 0.29) is 18.0 Å². The Labute approximate surface area is 186 Å². The van der Waals surface area contributed by atoms with Crippen molar-refractivity contribution < 1.29 is 28.5 Å². The fourth-order valence-electron chi connectivity index (χ4n) is 3.86. The van der Waals surface area contributed by atoms with Gasteiger partial charge in [-0.05, 0) is 43.7 Å². The molecule has 0 amide bonds. The number of benzene rings is 2. The minimum absolute atomic E-state index is 0.0632. The number of carboxylic acid groups (broad SMARTS) is 1. The van der Waals surface area contributed by atoms with E-state index in [0.29, 0.717) is 0 Å². The second-order valence-corrected chi connectivity index (χ2v) is 10.4. The molecule has 32 heavy (non-hydrogen) atoms. The van der Waals surface area contributed by atoms with E-state index < -0.39 is 25.9 Å². The molecule has 3 aromatic rings. The first-order valence-corrected chi connectivity index (χ1v) is 12.2. The number of rotatable bonds is 9. The maximum absolute atomic E-state index is 13.6. The number of hydrogen-bond donors (Lipinski definition) is 2. The maximum Gasteiger partial charge on any atom is 0.305 e. The van der Waals surface area contributed by atoms with Gasteiger partial charge in [0, 0.05) is 35.4 Å². The van der Waals surface area contributed by atoms with Gasteiger partial charge in [0.25, 0.3) is 0 Å². The van der Waals surface area contributed by atoms with Crippen molar-refractivity contribution in [2.75, 3.05) is 13.3 Å². The lowest BCUT2D eigenvalue weighted by Gasteiger charge is -2.17. The number of para-hydroxylation sites is 1. The van der Waals surface area contributed by atoms with Crippen molar-refractivity contribution in [1.82, 2.24) is 4.57 Å². The molecule has 2 N–H and O–H groups in total. The van der Waals surface area contributed by atoms with Crippen LogP contribution in [-0.2, 0) is 13.9 Å². The van der Waals surface area contributed by atoms with Crippen molar-refractivity contribution >= 4 is 30.3 Å². The van der Waals surface area contributed by atoms with Crippen LogP contribution in [0.2, 0.25) is 0 Å². The molecule has 2 atom stereocenters. The van der Waals surface area contributed by atoms with E-state index in [1.54, 1.807) is 18.2 Å². The van der Waals surface area contributed by atoms with E-state index in [0.717, 1.165) is 27.7 Å². The van der Waals surface area contributed by atoms with E-state index >= 15 is 0 Å². The van der Waals surface area contributed by atoms with Crippen LogP contribution < -0.4 is 0 Å². The molecule has 6 nitrogen and oxygen atoms in total. The normalized spacial score (nSPS) is 14.8. The minimum Gasteiger partial charge on any atom is -0.481 e. The number of aliphatic hydroxyl groups excluding tert-OH is 1. The maximum atomic E-state index is 13.6. The molecule has 0 saturated heterocycles. The van der Waals surface area contributed by atoms with Gasteiger partial charge in [-0.2, -0.15) is 0 Å². The molecule has 0 bridgehead atoms. The molecule has 2 aromatic carbocycles. The van der Waals surface area contributed by atoms with E-state index in [4.69, 9.17) is 9.63 Å². The molecule has 1 heterocycles. The van der Waals surface area contributed by atoms with Gasteiger partial charge in [-0.25, -0.2) is 4.39 Å². The minimum atomic E-state index is -3.46. The van der Waals surface area contributed by atoms with Crippen LogP contribution in [0, 0.1) is 5.82 Å². The zero-order chi connectivity index (χ0) is 23.5. The standard InChI is InChI=1S/C24H27FNO5P/c1-16(2)26-21-7-5-4-6-20(21)24(17-8-10-18(25)11-9-17)22(26)12-13-32(30,31-3)15-19(27)14-23(28)29/h4-13,16,19,27H,14-15H2,1-3H3,(H,28,29)/b13-12+.